The molecule has 0 bridgehead atoms. The highest BCUT2D eigenvalue weighted by Crippen LogP contribution is 2.28. The number of rotatable bonds is 6. The molecule has 2 aromatic heterocycles. The van der Waals surface area contributed by atoms with Crippen LogP contribution in [0.15, 0.2) is 47.4 Å². The quantitative estimate of drug-likeness (QED) is 0.597. The summed E-state index contributed by atoms with van der Waals surface area (Å²) >= 11 is 0. The van der Waals surface area contributed by atoms with Gasteiger partial charge in [0.2, 0.25) is 5.95 Å². The maximum atomic E-state index is 13.6. The topological polar surface area (TPSA) is 63.1 Å². The number of benzene rings is 1. The third-order valence-electron chi connectivity index (χ3n) is 5.89. The van der Waals surface area contributed by atoms with Gasteiger partial charge in [-0.3, -0.25) is 14.3 Å². The molecule has 0 unspecified atom stereocenters. The fraction of sp³-hybridized carbons (Fsp3) is 0.458. The number of hydrogen-bond acceptors (Lipinski definition) is 5. The number of piperidine rings is 1. The normalized spacial score (nSPS) is 17.6. The molecule has 0 amide bonds. The molecular weight excluding hydrogens is 412 g/mol. The second-order valence-electron chi connectivity index (χ2n) is 8.89. The van der Waals surface area contributed by atoms with Crippen LogP contribution in [0.5, 0.6) is 0 Å². The Kier molecular flexibility index (Phi) is 6.24. The Morgan fingerprint density at radius 2 is 1.88 bits per heavy atom. The van der Waals surface area contributed by atoms with Gasteiger partial charge >= 0.3 is 0 Å². The molecular formula is C24H29F2N5O. The van der Waals surface area contributed by atoms with Crippen molar-refractivity contribution in [1.29, 1.82) is 0 Å². The molecule has 0 radical (unpaired) electrons. The first kappa shape index (κ1) is 22.3. The number of nitrogens with zero attached hydrogens (tertiary/aromatic N) is 4. The first-order chi connectivity index (χ1) is 15.2. The predicted molar refractivity (Wildman–Crippen MR) is 122 cm³/mol. The van der Waals surface area contributed by atoms with Gasteiger partial charge in [0.05, 0.1) is 12.6 Å². The van der Waals surface area contributed by atoms with Crippen molar-refractivity contribution in [3.05, 3.63) is 64.1 Å². The number of anilines is 1. The van der Waals surface area contributed by atoms with Crippen LogP contribution >= 0.6 is 0 Å². The number of hydrogen-bond donors (Lipinski definition) is 1. The van der Waals surface area contributed by atoms with Crippen LogP contribution in [-0.4, -0.2) is 38.4 Å². The Morgan fingerprint density at radius 3 is 2.56 bits per heavy atom. The van der Waals surface area contributed by atoms with E-state index in [9.17, 15) is 13.6 Å². The molecule has 3 heterocycles. The highest BCUT2D eigenvalue weighted by Gasteiger charge is 2.34. The van der Waals surface area contributed by atoms with Crippen LogP contribution in [0.25, 0.3) is 11.0 Å². The van der Waals surface area contributed by atoms with E-state index in [0.717, 1.165) is 16.5 Å². The SMILES string of the molecule is CC(C)n1c(=O)ccc2cnc(N[C@@H](C)c3ccc(CN4CCCC(F)(F)C4)cc3)nc21. The maximum Gasteiger partial charge on any atom is 0.260 e. The number of likely N-dealkylation sites (tertiary alicyclic amines) is 1. The summed E-state index contributed by atoms with van der Waals surface area (Å²) in [6, 6.07) is 11.2. The van der Waals surface area contributed by atoms with E-state index < -0.39 is 5.92 Å². The third-order valence-corrected chi connectivity index (χ3v) is 5.89. The number of fused-ring (bicyclic) bond motifs is 1. The van der Waals surface area contributed by atoms with Gasteiger partial charge in [-0.1, -0.05) is 24.3 Å². The second-order valence-corrected chi connectivity index (χ2v) is 8.89. The summed E-state index contributed by atoms with van der Waals surface area (Å²) in [4.78, 5) is 23.1. The lowest BCUT2D eigenvalue weighted by molar-refractivity contribution is -0.0661. The third kappa shape index (κ3) is 4.96. The van der Waals surface area contributed by atoms with Crippen molar-refractivity contribution >= 4 is 17.0 Å². The number of alkyl halides is 2. The maximum absolute atomic E-state index is 13.6. The Balaban J connectivity index is 1.47. The Labute approximate surface area is 186 Å². The molecule has 1 aliphatic heterocycles. The van der Waals surface area contributed by atoms with E-state index in [-0.39, 0.29) is 30.6 Å². The van der Waals surface area contributed by atoms with Crippen molar-refractivity contribution in [3.63, 3.8) is 0 Å². The van der Waals surface area contributed by atoms with Gasteiger partial charge in [0.1, 0.15) is 5.65 Å². The van der Waals surface area contributed by atoms with E-state index in [1.165, 1.54) is 6.07 Å². The molecule has 1 N–H and O–H groups in total. The number of pyridine rings is 1. The monoisotopic (exact) mass is 441 g/mol. The van der Waals surface area contributed by atoms with Gasteiger partial charge in [0.25, 0.3) is 11.5 Å². The summed E-state index contributed by atoms with van der Waals surface area (Å²) in [5.74, 6) is -2.14. The second kappa shape index (κ2) is 8.94. The van der Waals surface area contributed by atoms with Gasteiger partial charge < -0.3 is 5.32 Å². The zero-order chi connectivity index (χ0) is 22.9. The molecule has 170 valence electrons. The van der Waals surface area contributed by atoms with Crippen molar-refractivity contribution in [2.45, 2.75) is 58.2 Å². The van der Waals surface area contributed by atoms with Gasteiger partial charge in [-0.05, 0) is 50.9 Å². The minimum absolute atomic E-state index is 0.0150. The molecule has 0 saturated carbocycles. The summed E-state index contributed by atoms with van der Waals surface area (Å²) in [5.41, 5.74) is 2.57. The van der Waals surface area contributed by atoms with E-state index >= 15 is 0 Å². The van der Waals surface area contributed by atoms with Crippen LogP contribution in [-0.2, 0) is 6.54 Å². The molecule has 1 fully saturated rings. The lowest BCUT2D eigenvalue weighted by Gasteiger charge is -2.32. The summed E-state index contributed by atoms with van der Waals surface area (Å²) in [5, 5.41) is 4.11. The highest BCUT2D eigenvalue weighted by atomic mass is 19.3. The zero-order valence-corrected chi connectivity index (χ0v) is 18.7. The molecule has 1 aromatic carbocycles. The first-order valence-electron chi connectivity index (χ1n) is 11.1. The van der Waals surface area contributed by atoms with Gasteiger partial charge in [-0.25, -0.2) is 13.8 Å². The van der Waals surface area contributed by atoms with Crippen LogP contribution in [0.4, 0.5) is 14.7 Å². The van der Waals surface area contributed by atoms with E-state index in [1.807, 2.05) is 49.9 Å². The van der Waals surface area contributed by atoms with Crippen LogP contribution in [0.1, 0.15) is 56.8 Å². The Hall–Kier alpha value is -2.87. The number of halogens is 2. The predicted octanol–water partition coefficient (Wildman–Crippen LogP) is 4.78. The van der Waals surface area contributed by atoms with Crippen LogP contribution in [0, 0.1) is 0 Å². The van der Waals surface area contributed by atoms with E-state index in [1.54, 1.807) is 16.8 Å². The van der Waals surface area contributed by atoms with E-state index in [0.29, 0.717) is 31.1 Å². The Bertz CT molecular complexity index is 1140. The van der Waals surface area contributed by atoms with Crippen molar-refractivity contribution in [2.75, 3.05) is 18.4 Å². The van der Waals surface area contributed by atoms with Crippen LogP contribution in [0.2, 0.25) is 0 Å². The van der Waals surface area contributed by atoms with Crippen molar-refractivity contribution in [2.24, 2.45) is 0 Å². The minimum atomic E-state index is -2.59. The van der Waals surface area contributed by atoms with Crippen molar-refractivity contribution in [1.82, 2.24) is 19.4 Å². The fourth-order valence-electron chi connectivity index (χ4n) is 4.24. The average molecular weight is 442 g/mol. The molecule has 1 aliphatic rings. The molecule has 6 nitrogen and oxygen atoms in total. The average Bonchev–Trinajstić information content (AvgIpc) is 2.73. The molecule has 0 aliphatic carbocycles. The van der Waals surface area contributed by atoms with Crippen LogP contribution in [0.3, 0.4) is 0 Å². The Morgan fingerprint density at radius 1 is 1.12 bits per heavy atom. The minimum Gasteiger partial charge on any atom is -0.348 e. The fourth-order valence-corrected chi connectivity index (χ4v) is 4.24. The molecule has 8 heteroatoms. The van der Waals surface area contributed by atoms with E-state index in [2.05, 4.69) is 15.3 Å². The van der Waals surface area contributed by atoms with Crippen molar-refractivity contribution < 1.29 is 8.78 Å². The standard InChI is InChI=1S/C24H29F2N5O/c1-16(2)31-21(32)10-9-20-13-27-23(29-22(20)31)28-17(3)19-7-5-18(6-8-19)14-30-12-4-11-24(25,26)15-30/h5-10,13,16-17H,4,11-12,14-15H2,1-3H3,(H,27,28,29)/t17-/m0/s1. The molecule has 1 atom stereocenters. The van der Waals surface area contributed by atoms with Gasteiger partial charge in [-0.15, -0.1) is 0 Å². The molecule has 0 spiro atoms. The smallest absolute Gasteiger partial charge is 0.260 e. The first-order valence-corrected chi connectivity index (χ1v) is 11.1. The number of nitrogens with one attached hydrogen (secondary N) is 1. The summed E-state index contributed by atoms with van der Waals surface area (Å²) < 4.78 is 28.9. The van der Waals surface area contributed by atoms with Gasteiger partial charge in [-0.2, -0.15) is 4.98 Å². The number of aromatic nitrogens is 3. The molecule has 3 aromatic rings. The molecule has 4 rings (SSSR count). The lowest BCUT2D eigenvalue weighted by Crippen LogP contribution is -2.41. The van der Waals surface area contributed by atoms with Gasteiger partial charge in [0.15, 0.2) is 0 Å². The highest BCUT2D eigenvalue weighted by molar-refractivity contribution is 5.75. The van der Waals surface area contributed by atoms with E-state index in [4.69, 9.17) is 0 Å². The lowest BCUT2D eigenvalue weighted by atomic mass is 10.0. The van der Waals surface area contributed by atoms with Crippen molar-refractivity contribution in [3.8, 4) is 0 Å². The summed E-state index contributed by atoms with van der Waals surface area (Å²) in [7, 11) is 0. The van der Waals surface area contributed by atoms with Gasteiger partial charge in [0, 0.05) is 36.7 Å². The van der Waals surface area contributed by atoms with Crippen LogP contribution < -0.4 is 10.9 Å². The molecule has 1 saturated heterocycles. The molecule has 32 heavy (non-hydrogen) atoms. The summed E-state index contributed by atoms with van der Waals surface area (Å²) in [6.45, 7) is 6.96. The summed E-state index contributed by atoms with van der Waals surface area (Å²) in [6.07, 6.45) is 2.23. The zero-order valence-electron chi connectivity index (χ0n) is 18.7. The largest absolute Gasteiger partial charge is 0.348 e.